The molecule has 0 aromatic heterocycles. The van der Waals surface area contributed by atoms with E-state index in [9.17, 15) is 0 Å². The van der Waals surface area contributed by atoms with Gasteiger partial charge in [-0.3, -0.25) is 4.90 Å². The number of nitrogens with two attached hydrogens (primary N) is 1. The lowest BCUT2D eigenvalue weighted by Gasteiger charge is -2.36. The average molecular weight is 286 g/mol. The van der Waals surface area contributed by atoms with Gasteiger partial charge in [-0.15, -0.1) is 0 Å². The van der Waals surface area contributed by atoms with Crippen molar-refractivity contribution in [1.29, 1.82) is 0 Å². The van der Waals surface area contributed by atoms with Crippen molar-refractivity contribution < 1.29 is 4.74 Å². The molecule has 1 aromatic carbocycles. The minimum absolute atomic E-state index is 0.394. The number of benzene rings is 1. The second kappa shape index (κ2) is 8.07. The molecule has 2 atom stereocenters. The molecule has 0 radical (unpaired) electrons. The minimum atomic E-state index is 0.394. The molecule has 2 N–H and O–H groups in total. The van der Waals surface area contributed by atoms with E-state index in [4.69, 9.17) is 10.5 Å². The molecule has 3 nitrogen and oxygen atoms in total. The average Bonchev–Trinajstić information content (AvgIpc) is 2.48. The van der Waals surface area contributed by atoms with Crippen LogP contribution in [-0.2, 0) is 0 Å². The molecule has 1 heterocycles. The Kier molecular flexibility index (Phi) is 6.10. The summed E-state index contributed by atoms with van der Waals surface area (Å²) >= 11 is 0. The SMILES string of the molecule is CC1CCN(CCOc2ccc(C#CCN)cc2)C(C)C1. The number of rotatable bonds is 4. The van der Waals surface area contributed by atoms with Crippen LogP contribution in [0.15, 0.2) is 24.3 Å². The molecule has 0 spiro atoms. The smallest absolute Gasteiger partial charge is 0.119 e. The molecular weight excluding hydrogens is 260 g/mol. The molecule has 114 valence electrons. The summed E-state index contributed by atoms with van der Waals surface area (Å²) in [7, 11) is 0. The molecule has 3 heteroatoms. The molecule has 2 rings (SSSR count). The van der Waals surface area contributed by atoms with Crippen LogP contribution >= 0.6 is 0 Å². The van der Waals surface area contributed by atoms with Gasteiger partial charge < -0.3 is 10.5 Å². The van der Waals surface area contributed by atoms with Crippen molar-refractivity contribution in [2.24, 2.45) is 11.7 Å². The van der Waals surface area contributed by atoms with Gasteiger partial charge in [0.25, 0.3) is 0 Å². The fourth-order valence-electron chi connectivity index (χ4n) is 2.86. The first-order valence-corrected chi connectivity index (χ1v) is 7.85. The van der Waals surface area contributed by atoms with E-state index in [1.807, 2.05) is 24.3 Å². The molecule has 0 saturated carbocycles. The van der Waals surface area contributed by atoms with Gasteiger partial charge in [0.2, 0.25) is 0 Å². The van der Waals surface area contributed by atoms with Crippen LogP contribution in [0.1, 0.15) is 32.3 Å². The van der Waals surface area contributed by atoms with Crippen LogP contribution < -0.4 is 10.5 Å². The molecule has 2 unspecified atom stereocenters. The van der Waals surface area contributed by atoms with Gasteiger partial charge in [-0.2, -0.15) is 0 Å². The number of hydrogen-bond donors (Lipinski definition) is 1. The Bertz CT molecular complexity index is 486. The van der Waals surface area contributed by atoms with Crippen molar-refractivity contribution in [1.82, 2.24) is 4.90 Å². The maximum Gasteiger partial charge on any atom is 0.119 e. The largest absolute Gasteiger partial charge is 0.492 e. The van der Waals surface area contributed by atoms with E-state index >= 15 is 0 Å². The monoisotopic (exact) mass is 286 g/mol. The third-order valence-corrected chi connectivity index (χ3v) is 4.11. The molecule has 0 aliphatic carbocycles. The molecule has 1 fully saturated rings. The van der Waals surface area contributed by atoms with E-state index in [0.29, 0.717) is 12.6 Å². The van der Waals surface area contributed by atoms with E-state index in [-0.39, 0.29) is 0 Å². The summed E-state index contributed by atoms with van der Waals surface area (Å²) in [4.78, 5) is 2.53. The zero-order chi connectivity index (χ0) is 15.1. The van der Waals surface area contributed by atoms with Crippen molar-refractivity contribution in [3.8, 4) is 17.6 Å². The van der Waals surface area contributed by atoms with Crippen LogP contribution in [0, 0.1) is 17.8 Å². The third kappa shape index (κ3) is 5.08. The van der Waals surface area contributed by atoms with Gasteiger partial charge in [0.1, 0.15) is 12.4 Å². The summed E-state index contributed by atoms with van der Waals surface area (Å²) in [6, 6.07) is 8.57. The van der Waals surface area contributed by atoms with E-state index < -0.39 is 0 Å². The lowest BCUT2D eigenvalue weighted by molar-refractivity contribution is 0.109. The predicted molar refractivity (Wildman–Crippen MR) is 87.3 cm³/mol. The van der Waals surface area contributed by atoms with Crippen LogP contribution in [0.2, 0.25) is 0 Å². The lowest BCUT2D eigenvalue weighted by atomic mass is 9.93. The van der Waals surface area contributed by atoms with Gasteiger partial charge in [0.05, 0.1) is 6.54 Å². The van der Waals surface area contributed by atoms with Gasteiger partial charge in [-0.05, 0) is 56.5 Å². The first kappa shape index (κ1) is 15.9. The molecule has 1 aliphatic rings. The third-order valence-electron chi connectivity index (χ3n) is 4.11. The summed E-state index contributed by atoms with van der Waals surface area (Å²) in [5, 5.41) is 0. The van der Waals surface area contributed by atoms with Crippen LogP contribution in [0.4, 0.5) is 0 Å². The van der Waals surface area contributed by atoms with Crippen LogP contribution in [0.3, 0.4) is 0 Å². The Labute approximate surface area is 128 Å². The Morgan fingerprint density at radius 1 is 1.29 bits per heavy atom. The summed E-state index contributed by atoms with van der Waals surface area (Å²) < 4.78 is 5.83. The van der Waals surface area contributed by atoms with Gasteiger partial charge in [0, 0.05) is 18.2 Å². The molecule has 1 aliphatic heterocycles. The summed E-state index contributed by atoms with van der Waals surface area (Å²) in [5.41, 5.74) is 6.34. The molecule has 1 saturated heterocycles. The van der Waals surface area contributed by atoms with Crippen molar-refractivity contribution >= 4 is 0 Å². The zero-order valence-electron chi connectivity index (χ0n) is 13.1. The number of hydrogen-bond acceptors (Lipinski definition) is 3. The van der Waals surface area contributed by atoms with Gasteiger partial charge in [-0.25, -0.2) is 0 Å². The highest BCUT2D eigenvalue weighted by molar-refractivity contribution is 5.38. The van der Waals surface area contributed by atoms with Crippen LogP contribution in [-0.4, -0.2) is 37.2 Å². The van der Waals surface area contributed by atoms with Crippen molar-refractivity contribution in [2.75, 3.05) is 26.2 Å². The number of ether oxygens (including phenoxy) is 1. The van der Waals surface area contributed by atoms with Crippen LogP contribution in [0.5, 0.6) is 5.75 Å². The molecule has 0 amide bonds. The second-order valence-electron chi connectivity index (χ2n) is 5.89. The fraction of sp³-hybridized carbons (Fsp3) is 0.556. The van der Waals surface area contributed by atoms with Gasteiger partial charge >= 0.3 is 0 Å². The molecular formula is C18H26N2O. The first-order chi connectivity index (χ1) is 10.2. The normalized spacial score (nSPS) is 22.4. The van der Waals surface area contributed by atoms with E-state index in [2.05, 4.69) is 30.6 Å². The lowest BCUT2D eigenvalue weighted by Crippen LogP contribution is -2.42. The Hall–Kier alpha value is -1.50. The highest BCUT2D eigenvalue weighted by Gasteiger charge is 2.22. The maximum atomic E-state index is 5.83. The Balaban J connectivity index is 1.75. The van der Waals surface area contributed by atoms with Crippen molar-refractivity contribution in [3.05, 3.63) is 29.8 Å². The fourth-order valence-corrected chi connectivity index (χ4v) is 2.86. The number of piperidine rings is 1. The first-order valence-electron chi connectivity index (χ1n) is 7.85. The molecule has 1 aromatic rings. The quantitative estimate of drug-likeness (QED) is 0.864. The Morgan fingerprint density at radius 3 is 2.71 bits per heavy atom. The second-order valence-corrected chi connectivity index (χ2v) is 5.89. The minimum Gasteiger partial charge on any atom is -0.492 e. The standard InChI is InChI=1S/C18H26N2O/c1-15-9-11-20(16(2)14-15)12-13-21-18-7-5-17(6-8-18)4-3-10-19/h5-8,15-16H,9-14,19H2,1-2H3. The van der Waals surface area contributed by atoms with Gasteiger partial charge in [-0.1, -0.05) is 18.8 Å². The maximum absolute atomic E-state index is 5.83. The van der Waals surface area contributed by atoms with Gasteiger partial charge in [0.15, 0.2) is 0 Å². The van der Waals surface area contributed by atoms with E-state index in [1.54, 1.807) is 0 Å². The predicted octanol–water partition coefficient (Wildman–Crippen LogP) is 2.50. The Morgan fingerprint density at radius 2 is 2.05 bits per heavy atom. The van der Waals surface area contributed by atoms with E-state index in [0.717, 1.165) is 30.4 Å². The highest BCUT2D eigenvalue weighted by Crippen LogP contribution is 2.21. The number of likely N-dealkylation sites (tertiary alicyclic amines) is 1. The molecule has 21 heavy (non-hydrogen) atoms. The summed E-state index contributed by atoms with van der Waals surface area (Å²) in [6.45, 7) is 8.00. The topological polar surface area (TPSA) is 38.5 Å². The highest BCUT2D eigenvalue weighted by atomic mass is 16.5. The van der Waals surface area contributed by atoms with Crippen molar-refractivity contribution in [3.63, 3.8) is 0 Å². The zero-order valence-corrected chi connectivity index (χ0v) is 13.1. The summed E-state index contributed by atoms with van der Waals surface area (Å²) in [6.07, 6.45) is 2.60. The van der Waals surface area contributed by atoms with E-state index in [1.165, 1.54) is 19.4 Å². The molecule has 0 bridgehead atoms. The van der Waals surface area contributed by atoms with Crippen LogP contribution in [0.25, 0.3) is 0 Å². The summed E-state index contributed by atoms with van der Waals surface area (Å²) in [5.74, 6) is 7.63. The number of nitrogens with zero attached hydrogens (tertiary/aromatic N) is 1. The van der Waals surface area contributed by atoms with Crippen molar-refractivity contribution in [2.45, 2.75) is 32.7 Å².